The third-order valence-electron chi connectivity index (χ3n) is 5.31. The van der Waals surface area contributed by atoms with Crippen molar-refractivity contribution < 1.29 is 19.1 Å². The molecule has 0 fully saturated rings. The lowest BCUT2D eigenvalue weighted by atomic mass is 9.90. The number of aromatic nitrogens is 1. The Morgan fingerprint density at radius 1 is 1.23 bits per heavy atom. The fraction of sp³-hybridized carbons (Fsp3) is 0.435. The number of unbranched alkanes of at least 4 members (excludes halogenated alkanes) is 1. The Hall–Kier alpha value is -1.37. The molecule has 6 nitrogen and oxygen atoms in total. The van der Waals surface area contributed by atoms with Crippen LogP contribution >= 0.6 is 7.60 Å². The van der Waals surface area contributed by atoms with Gasteiger partial charge in [-0.05, 0) is 48.3 Å². The number of hydrogen-bond acceptors (Lipinski definition) is 2. The van der Waals surface area contributed by atoms with Crippen LogP contribution in [0.4, 0.5) is 0 Å². The van der Waals surface area contributed by atoms with Gasteiger partial charge in [-0.25, -0.2) is 0 Å². The molecule has 0 saturated carbocycles. The van der Waals surface area contributed by atoms with Crippen LogP contribution in [0.2, 0.25) is 0 Å². The van der Waals surface area contributed by atoms with Gasteiger partial charge in [-0.3, -0.25) is 9.36 Å². The third-order valence-corrected chi connectivity index (χ3v) is 5.90. The van der Waals surface area contributed by atoms with Crippen molar-refractivity contribution in [3.8, 4) is 0 Å². The van der Waals surface area contributed by atoms with Crippen LogP contribution in [-0.4, -0.2) is 43.3 Å². The summed E-state index contributed by atoms with van der Waals surface area (Å²) in [6.45, 7) is 4.89. The SMILES string of the molecule is CCCCc1c(CC(N)=O)c(C(CC)CC=CP(=O)(O)O)cn1Cc1ccccc1.[MgH2]. The Morgan fingerprint density at radius 2 is 1.90 bits per heavy atom. The average Bonchev–Trinajstić information content (AvgIpc) is 2.99. The molecule has 1 amide bonds. The van der Waals surface area contributed by atoms with E-state index in [0.717, 1.165) is 48.3 Å². The standard InChI is InChI=1S/C23H33N2O4P.Mg.2H/c1-3-5-13-22-20(15-23(24)26)21(19(4-2)12-9-14-30(27,28)29)17-25(22)16-18-10-7-6-8-11-18;;;/h6-11,14,17,19H,3-5,12-13,15-16H2,1-2H3,(H2,24,26)(H2,27,28,29);;;. The predicted molar refractivity (Wildman–Crippen MR) is 129 cm³/mol. The summed E-state index contributed by atoms with van der Waals surface area (Å²) in [5.74, 6) is 0.647. The van der Waals surface area contributed by atoms with Gasteiger partial charge in [0, 0.05) is 24.3 Å². The monoisotopic (exact) mass is 458 g/mol. The van der Waals surface area contributed by atoms with Crippen molar-refractivity contribution >= 4 is 36.6 Å². The van der Waals surface area contributed by atoms with E-state index in [1.807, 2.05) is 25.1 Å². The molecule has 0 aliphatic rings. The maximum Gasteiger partial charge on any atom is 0.348 e. The number of rotatable bonds is 12. The fourth-order valence-electron chi connectivity index (χ4n) is 3.83. The first-order valence-corrected chi connectivity index (χ1v) is 12.2. The molecule has 168 valence electrons. The van der Waals surface area contributed by atoms with E-state index >= 15 is 0 Å². The minimum Gasteiger partial charge on any atom is -0.369 e. The van der Waals surface area contributed by atoms with Crippen LogP contribution in [0.3, 0.4) is 0 Å². The zero-order valence-corrected chi connectivity index (χ0v) is 18.7. The summed E-state index contributed by atoms with van der Waals surface area (Å²) in [6.07, 6.45) is 8.04. The van der Waals surface area contributed by atoms with Crippen molar-refractivity contribution in [2.45, 2.75) is 64.8 Å². The summed E-state index contributed by atoms with van der Waals surface area (Å²) in [5.41, 5.74) is 9.92. The molecule has 1 aromatic carbocycles. The summed E-state index contributed by atoms with van der Waals surface area (Å²) in [4.78, 5) is 30.1. The van der Waals surface area contributed by atoms with E-state index in [2.05, 4.69) is 29.8 Å². The molecule has 0 radical (unpaired) electrons. The quantitative estimate of drug-likeness (QED) is 0.334. The number of nitrogens with zero attached hydrogens (tertiary/aromatic N) is 1. The van der Waals surface area contributed by atoms with Crippen LogP contribution in [0.25, 0.3) is 0 Å². The molecule has 0 saturated heterocycles. The molecule has 1 atom stereocenters. The summed E-state index contributed by atoms with van der Waals surface area (Å²) in [6, 6.07) is 10.2. The largest absolute Gasteiger partial charge is 0.369 e. The molecule has 2 rings (SSSR count). The number of hydrogen-bond donors (Lipinski definition) is 3. The van der Waals surface area contributed by atoms with Gasteiger partial charge in [0.1, 0.15) is 0 Å². The zero-order chi connectivity index (χ0) is 22.1. The first-order valence-electron chi connectivity index (χ1n) is 10.5. The van der Waals surface area contributed by atoms with Crippen LogP contribution in [-0.2, 0) is 28.7 Å². The van der Waals surface area contributed by atoms with Crippen molar-refractivity contribution in [1.82, 2.24) is 4.57 Å². The smallest absolute Gasteiger partial charge is 0.348 e. The Morgan fingerprint density at radius 3 is 2.45 bits per heavy atom. The fourth-order valence-corrected chi connectivity index (χ4v) is 4.23. The van der Waals surface area contributed by atoms with Crippen LogP contribution in [0.1, 0.15) is 67.8 Å². The van der Waals surface area contributed by atoms with Gasteiger partial charge in [0.25, 0.3) is 0 Å². The molecule has 4 N–H and O–H groups in total. The van der Waals surface area contributed by atoms with Crippen LogP contribution in [0.15, 0.2) is 48.4 Å². The van der Waals surface area contributed by atoms with Gasteiger partial charge < -0.3 is 20.1 Å². The number of benzene rings is 1. The Bertz CT molecular complexity index is 906. The van der Waals surface area contributed by atoms with E-state index in [0.29, 0.717) is 13.0 Å². The molecular weight excluding hydrogens is 424 g/mol. The summed E-state index contributed by atoms with van der Waals surface area (Å²) in [7, 11) is -4.18. The second-order valence-corrected chi connectivity index (χ2v) is 9.16. The van der Waals surface area contributed by atoms with Crippen molar-refractivity contribution in [3.63, 3.8) is 0 Å². The van der Waals surface area contributed by atoms with E-state index in [4.69, 9.17) is 15.5 Å². The Balaban J connectivity index is 0.00000480. The van der Waals surface area contributed by atoms with Gasteiger partial charge in [-0.1, -0.05) is 56.7 Å². The Kier molecular flexibility index (Phi) is 11.8. The number of nitrogens with two attached hydrogens (primary N) is 1. The van der Waals surface area contributed by atoms with Gasteiger partial charge in [-0.2, -0.15) is 0 Å². The minimum atomic E-state index is -4.18. The summed E-state index contributed by atoms with van der Waals surface area (Å²) < 4.78 is 13.4. The number of carbonyl (C=O) groups excluding carboxylic acids is 1. The number of carbonyl (C=O) groups is 1. The van der Waals surface area contributed by atoms with E-state index in [9.17, 15) is 9.36 Å². The average molecular weight is 459 g/mol. The van der Waals surface area contributed by atoms with Crippen LogP contribution in [0.5, 0.6) is 0 Å². The van der Waals surface area contributed by atoms with Gasteiger partial charge in [-0.15, -0.1) is 0 Å². The van der Waals surface area contributed by atoms with Crippen molar-refractivity contribution in [2.24, 2.45) is 5.73 Å². The first-order chi connectivity index (χ1) is 14.2. The molecule has 0 bridgehead atoms. The second kappa shape index (κ2) is 13.2. The highest BCUT2D eigenvalue weighted by atomic mass is 31.2. The van der Waals surface area contributed by atoms with Crippen molar-refractivity contribution in [2.75, 3.05) is 0 Å². The molecule has 31 heavy (non-hydrogen) atoms. The predicted octanol–water partition coefficient (Wildman–Crippen LogP) is 3.57. The third kappa shape index (κ3) is 8.95. The first kappa shape index (κ1) is 27.7. The number of allylic oxidation sites excluding steroid dienone is 1. The number of amides is 1. The molecule has 8 heteroatoms. The maximum absolute atomic E-state index is 11.9. The molecular formula is C23H35MgN2O4P. The molecule has 2 aromatic rings. The van der Waals surface area contributed by atoms with E-state index < -0.39 is 7.60 Å². The van der Waals surface area contributed by atoms with Crippen LogP contribution in [0, 0.1) is 0 Å². The molecule has 1 aromatic heterocycles. The number of primary amides is 1. The summed E-state index contributed by atoms with van der Waals surface area (Å²) >= 11 is 0. The summed E-state index contributed by atoms with van der Waals surface area (Å²) in [5, 5.41) is 0. The highest BCUT2D eigenvalue weighted by Gasteiger charge is 2.22. The maximum atomic E-state index is 11.9. The van der Waals surface area contributed by atoms with Gasteiger partial charge >= 0.3 is 30.6 Å². The molecule has 0 spiro atoms. The van der Waals surface area contributed by atoms with E-state index in [1.165, 1.54) is 5.56 Å². The molecule has 0 aliphatic carbocycles. The topological polar surface area (TPSA) is 106 Å². The Labute approximate surface area is 201 Å². The second-order valence-electron chi connectivity index (χ2n) is 7.68. The highest BCUT2D eigenvalue weighted by Crippen LogP contribution is 2.38. The van der Waals surface area contributed by atoms with E-state index in [-0.39, 0.29) is 41.3 Å². The normalized spacial score (nSPS) is 12.6. The molecule has 1 heterocycles. The van der Waals surface area contributed by atoms with Crippen LogP contribution < -0.4 is 5.73 Å². The lowest BCUT2D eigenvalue weighted by molar-refractivity contribution is -0.117. The lowest BCUT2D eigenvalue weighted by Gasteiger charge is -2.15. The van der Waals surface area contributed by atoms with Crippen molar-refractivity contribution in [3.05, 3.63) is 70.8 Å². The van der Waals surface area contributed by atoms with Gasteiger partial charge in [0.2, 0.25) is 5.91 Å². The molecule has 1 unspecified atom stereocenters. The van der Waals surface area contributed by atoms with Gasteiger partial charge in [0.15, 0.2) is 0 Å². The molecule has 0 aliphatic heterocycles. The zero-order valence-electron chi connectivity index (χ0n) is 17.8. The van der Waals surface area contributed by atoms with E-state index in [1.54, 1.807) is 6.08 Å². The lowest BCUT2D eigenvalue weighted by Crippen LogP contribution is -2.16. The highest BCUT2D eigenvalue weighted by molar-refractivity contribution is 7.55. The van der Waals surface area contributed by atoms with Gasteiger partial charge in [0.05, 0.1) is 6.42 Å². The van der Waals surface area contributed by atoms with Crippen molar-refractivity contribution in [1.29, 1.82) is 0 Å². The minimum absolute atomic E-state index is 0.